The van der Waals surface area contributed by atoms with Gasteiger partial charge in [0.1, 0.15) is 5.82 Å². The Morgan fingerprint density at radius 3 is 2.76 bits per heavy atom. The van der Waals surface area contributed by atoms with E-state index in [2.05, 4.69) is 20.7 Å². The van der Waals surface area contributed by atoms with Gasteiger partial charge in [0.05, 0.1) is 5.60 Å². The molecule has 1 aliphatic rings. The van der Waals surface area contributed by atoms with Crippen molar-refractivity contribution in [3.8, 4) is 0 Å². The van der Waals surface area contributed by atoms with Crippen LogP contribution in [0.3, 0.4) is 0 Å². The minimum absolute atomic E-state index is 0. The molecule has 0 amide bonds. The van der Waals surface area contributed by atoms with Crippen LogP contribution in [0.2, 0.25) is 0 Å². The number of ether oxygens (including phenoxy) is 1. The predicted molar refractivity (Wildman–Crippen MR) is 110 cm³/mol. The van der Waals surface area contributed by atoms with Crippen LogP contribution in [-0.2, 0) is 24.2 Å². The third kappa shape index (κ3) is 6.28. The first-order valence-electron chi connectivity index (χ1n) is 8.63. The zero-order chi connectivity index (χ0) is 17.6. The van der Waals surface area contributed by atoms with E-state index < -0.39 is 0 Å². The minimum atomic E-state index is -0.250. The van der Waals surface area contributed by atoms with E-state index in [0.29, 0.717) is 13.1 Å². The second-order valence-corrected chi connectivity index (χ2v) is 6.70. The number of nitrogens with one attached hydrogen (secondary N) is 2. The fourth-order valence-corrected chi connectivity index (χ4v) is 2.62. The Balaban J connectivity index is 0.00000312. The van der Waals surface area contributed by atoms with E-state index in [1.807, 2.05) is 18.4 Å². The van der Waals surface area contributed by atoms with Gasteiger partial charge in [0, 0.05) is 46.8 Å². The molecule has 2 heterocycles. The van der Waals surface area contributed by atoms with Gasteiger partial charge in [0.25, 0.3) is 0 Å². The number of aliphatic imine (C=N–C) groups is 1. The average molecular weight is 466 g/mol. The number of aryl methyl sites for hydroxylation is 2. The van der Waals surface area contributed by atoms with Gasteiger partial charge in [0.2, 0.25) is 0 Å². The zero-order valence-corrected chi connectivity index (χ0v) is 18.0. The second-order valence-electron chi connectivity index (χ2n) is 6.70. The van der Waals surface area contributed by atoms with E-state index in [1.165, 1.54) is 0 Å². The van der Waals surface area contributed by atoms with E-state index >= 15 is 0 Å². The number of aromatic nitrogens is 3. The molecule has 0 bridgehead atoms. The quantitative estimate of drug-likeness (QED) is 0.271. The smallest absolute Gasteiger partial charge is 0.345 e. The SMILES string of the molecule is CN=C(NCCCn1nc2n(c1=O)CCCC2)NCC(C)(C)OC.I. The highest BCUT2D eigenvalue weighted by Gasteiger charge is 2.17. The zero-order valence-electron chi connectivity index (χ0n) is 15.7. The van der Waals surface area contributed by atoms with Crippen LogP contribution in [0, 0.1) is 0 Å². The third-order valence-electron chi connectivity index (χ3n) is 4.33. The Morgan fingerprint density at radius 2 is 2.12 bits per heavy atom. The fraction of sp³-hybridized carbons (Fsp3) is 0.812. The summed E-state index contributed by atoms with van der Waals surface area (Å²) in [5, 5.41) is 10.9. The molecular formula is C16H31IN6O2. The van der Waals surface area contributed by atoms with Crippen molar-refractivity contribution in [2.75, 3.05) is 27.2 Å². The number of methoxy groups -OCH3 is 1. The summed E-state index contributed by atoms with van der Waals surface area (Å²) in [6.07, 6.45) is 3.91. The van der Waals surface area contributed by atoms with Crippen molar-refractivity contribution < 1.29 is 4.74 Å². The van der Waals surface area contributed by atoms with Gasteiger partial charge in [-0.05, 0) is 33.1 Å². The van der Waals surface area contributed by atoms with Gasteiger partial charge in [0.15, 0.2) is 5.96 Å². The van der Waals surface area contributed by atoms with Crippen LogP contribution in [0.25, 0.3) is 0 Å². The van der Waals surface area contributed by atoms with Gasteiger partial charge in [-0.3, -0.25) is 9.56 Å². The molecule has 25 heavy (non-hydrogen) atoms. The summed E-state index contributed by atoms with van der Waals surface area (Å²) >= 11 is 0. The van der Waals surface area contributed by atoms with Crippen molar-refractivity contribution >= 4 is 29.9 Å². The van der Waals surface area contributed by atoms with Crippen molar-refractivity contribution in [1.29, 1.82) is 0 Å². The Morgan fingerprint density at radius 1 is 1.36 bits per heavy atom. The summed E-state index contributed by atoms with van der Waals surface area (Å²) < 4.78 is 8.77. The molecule has 0 fully saturated rings. The lowest BCUT2D eigenvalue weighted by molar-refractivity contribution is 0.0268. The first-order chi connectivity index (χ1) is 11.5. The molecule has 2 rings (SSSR count). The minimum Gasteiger partial charge on any atom is -0.377 e. The fourth-order valence-electron chi connectivity index (χ4n) is 2.62. The van der Waals surface area contributed by atoms with E-state index in [1.54, 1.807) is 18.8 Å². The summed E-state index contributed by atoms with van der Waals surface area (Å²) in [6, 6.07) is 0. The maximum absolute atomic E-state index is 12.2. The molecule has 0 saturated carbocycles. The summed E-state index contributed by atoms with van der Waals surface area (Å²) in [5.74, 6) is 1.66. The summed E-state index contributed by atoms with van der Waals surface area (Å²) in [6.45, 7) is 6.84. The first-order valence-corrected chi connectivity index (χ1v) is 8.63. The largest absolute Gasteiger partial charge is 0.377 e. The molecule has 1 aliphatic heterocycles. The molecule has 1 aromatic rings. The van der Waals surface area contributed by atoms with E-state index in [9.17, 15) is 4.79 Å². The highest BCUT2D eigenvalue weighted by molar-refractivity contribution is 14.0. The van der Waals surface area contributed by atoms with Gasteiger partial charge >= 0.3 is 5.69 Å². The number of rotatable bonds is 7. The maximum Gasteiger partial charge on any atom is 0.345 e. The van der Waals surface area contributed by atoms with Crippen molar-refractivity contribution in [1.82, 2.24) is 25.0 Å². The van der Waals surface area contributed by atoms with E-state index in [4.69, 9.17) is 4.74 Å². The highest BCUT2D eigenvalue weighted by atomic mass is 127. The summed E-state index contributed by atoms with van der Waals surface area (Å²) in [4.78, 5) is 16.4. The molecule has 0 saturated heterocycles. The van der Waals surface area contributed by atoms with E-state index in [-0.39, 0.29) is 35.3 Å². The number of hydrogen-bond donors (Lipinski definition) is 2. The normalized spacial score (nSPS) is 14.6. The molecule has 0 atom stereocenters. The molecule has 1 aromatic heterocycles. The van der Waals surface area contributed by atoms with Crippen LogP contribution in [0.4, 0.5) is 0 Å². The highest BCUT2D eigenvalue weighted by Crippen LogP contribution is 2.09. The number of hydrogen-bond acceptors (Lipinski definition) is 4. The Labute approximate surface area is 166 Å². The second kappa shape index (κ2) is 10.1. The van der Waals surface area contributed by atoms with Gasteiger partial charge in [-0.25, -0.2) is 9.48 Å². The van der Waals surface area contributed by atoms with Crippen LogP contribution in [0.1, 0.15) is 38.9 Å². The molecule has 0 aromatic carbocycles. The molecule has 144 valence electrons. The monoisotopic (exact) mass is 466 g/mol. The molecule has 0 radical (unpaired) electrons. The lowest BCUT2D eigenvalue weighted by atomic mass is 10.1. The Hall–Kier alpha value is -1.10. The standard InChI is InChI=1S/C16H30N6O2.HI/c1-16(2,24-4)12-19-14(17-3)18-9-7-11-22-15(23)21-10-6-5-8-13(21)20-22;/h5-12H2,1-4H3,(H2,17,18,19);1H. The van der Waals surface area contributed by atoms with Crippen molar-refractivity contribution in [3.05, 3.63) is 16.3 Å². The van der Waals surface area contributed by atoms with Crippen LogP contribution in [0.5, 0.6) is 0 Å². The summed E-state index contributed by atoms with van der Waals surface area (Å²) in [7, 11) is 3.43. The van der Waals surface area contributed by atoms with Crippen molar-refractivity contribution in [2.24, 2.45) is 4.99 Å². The number of fused-ring (bicyclic) bond motifs is 1. The Bertz CT molecular complexity index is 623. The number of guanidine groups is 1. The molecule has 8 nitrogen and oxygen atoms in total. The Kier molecular flexibility index (Phi) is 8.91. The van der Waals surface area contributed by atoms with Gasteiger partial charge in [-0.2, -0.15) is 5.10 Å². The lowest BCUT2D eigenvalue weighted by Gasteiger charge is -2.24. The van der Waals surface area contributed by atoms with Crippen LogP contribution in [-0.4, -0.2) is 53.2 Å². The third-order valence-corrected chi connectivity index (χ3v) is 4.33. The first kappa shape index (κ1) is 21.9. The molecule has 2 N–H and O–H groups in total. The summed E-state index contributed by atoms with van der Waals surface area (Å²) in [5.41, 5.74) is -0.227. The molecular weight excluding hydrogens is 435 g/mol. The number of nitrogens with zero attached hydrogens (tertiary/aromatic N) is 4. The van der Waals surface area contributed by atoms with Crippen LogP contribution < -0.4 is 16.3 Å². The van der Waals surface area contributed by atoms with Gasteiger partial charge in [-0.15, -0.1) is 24.0 Å². The maximum atomic E-state index is 12.2. The average Bonchev–Trinajstić information content (AvgIpc) is 2.91. The van der Waals surface area contributed by atoms with Gasteiger partial charge < -0.3 is 15.4 Å². The molecule has 0 unspecified atom stereocenters. The van der Waals surface area contributed by atoms with Crippen LogP contribution >= 0.6 is 24.0 Å². The molecule has 9 heteroatoms. The van der Waals surface area contributed by atoms with Crippen molar-refractivity contribution in [3.63, 3.8) is 0 Å². The number of halogens is 1. The van der Waals surface area contributed by atoms with Crippen LogP contribution in [0.15, 0.2) is 9.79 Å². The topological polar surface area (TPSA) is 85.5 Å². The predicted octanol–water partition coefficient (Wildman–Crippen LogP) is 0.979. The lowest BCUT2D eigenvalue weighted by Crippen LogP contribution is -2.45. The molecule has 0 aliphatic carbocycles. The molecule has 0 spiro atoms. The van der Waals surface area contributed by atoms with Gasteiger partial charge in [-0.1, -0.05) is 0 Å². The van der Waals surface area contributed by atoms with E-state index in [0.717, 1.165) is 50.6 Å². The van der Waals surface area contributed by atoms with Crippen molar-refractivity contribution in [2.45, 2.75) is 58.2 Å².